The number of rotatable bonds is 16. The number of carbonyl (C=O) groups excluding carboxylic acids is 4. The maximum Gasteiger partial charge on any atom is 0.336 e. The number of carboxylic acid groups (broad SMARTS) is 4. The number of para-hydroxylation sites is 2. The van der Waals surface area contributed by atoms with Gasteiger partial charge in [0, 0.05) is 39.8 Å². The lowest BCUT2D eigenvalue weighted by Crippen LogP contribution is -2.43. The number of nitrogens with one attached hydrogen (secondary N) is 3. The SMILES string of the molecule is CCC(C)(Nc1ccccc1)C(=O)c1cc(C(=O)Nc2ccc(N)cc2)c(C(=O)O)cc1C(=O)O.CCC(C)C(=O)c1cc(C(=O)Nc2ccccc2)c(C(=O)O)cc1C(=O)O. The number of carbonyl (C=O) groups is 8. The summed E-state index contributed by atoms with van der Waals surface area (Å²) in [6, 6.07) is 27.2. The molecule has 0 saturated carbocycles. The van der Waals surface area contributed by atoms with E-state index >= 15 is 0 Å². The zero-order valence-electron chi connectivity index (χ0n) is 34.0. The number of hydrogen-bond donors (Lipinski definition) is 8. The summed E-state index contributed by atoms with van der Waals surface area (Å²) in [6.07, 6.45) is 0.761. The highest BCUT2D eigenvalue weighted by Crippen LogP contribution is 2.29. The van der Waals surface area contributed by atoms with Gasteiger partial charge < -0.3 is 42.1 Å². The molecular formula is C46H44N4O12. The summed E-state index contributed by atoms with van der Waals surface area (Å²) in [4.78, 5) is 98.8. The number of aromatic carboxylic acids is 4. The van der Waals surface area contributed by atoms with Crippen LogP contribution >= 0.6 is 0 Å². The molecule has 2 amide bonds. The molecule has 0 radical (unpaired) electrons. The van der Waals surface area contributed by atoms with E-state index in [-0.39, 0.29) is 28.7 Å². The van der Waals surface area contributed by atoms with Crippen molar-refractivity contribution in [3.63, 3.8) is 0 Å². The number of carboxylic acids is 4. The fraction of sp³-hybridized carbons (Fsp3) is 0.174. The van der Waals surface area contributed by atoms with E-state index in [4.69, 9.17) is 5.73 Å². The molecule has 9 N–H and O–H groups in total. The van der Waals surface area contributed by atoms with Gasteiger partial charge in [-0.3, -0.25) is 19.2 Å². The van der Waals surface area contributed by atoms with Gasteiger partial charge in [0.1, 0.15) is 0 Å². The van der Waals surface area contributed by atoms with Crippen LogP contribution in [0.25, 0.3) is 0 Å². The number of ketones is 2. The average molecular weight is 845 g/mol. The molecule has 5 rings (SSSR count). The smallest absolute Gasteiger partial charge is 0.336 e. The molecule has 0 bridgehead atoms. The van der Waals surface area contributed by atoms with Crippen molar-refractivity contribution in [2.24, 2.45) is 5.92 Å². The van der Waals surface area contributed by atoms with Crippen molar-refractivity contribution in [2.75, 3.05) is 21.7 Å². The van der Waals surface area contributed by atoms with Crippen LogP contribution < -0.4 is 21.7 Å². The Hall–Kier alpha value is -8.14. The Bertz CT molecular complexity index is 2540. The van der Waals surface area contributed by atoms with Gasteiger partial charge in [-0.05, 0) is 92.6 Å². The molecule has 5 aromatic rings. The van der Waals surface area contributed by atoms with Crippen LogP contribution in [0.1, 0.15) is 123 Å². The van der Waals surface area contributed by atoms with Crippen molar-refractivity contribution in [1.29, 1.82) is 0 Å². The van der Waals surface area contributed by atoms with Crippen LogP contribution in [0.3, 0.4) is 0 Å². The van der Waals surface area contributed by atoms with Crippen molar-refractivity contribution in [1.82, 2.24) is 0 Å². The minimum absolute atomic E-state index is 0.180. The van der Waals surface area contributed by atoms with Crippen molar-refractivity contribution >= 4 is 70.0 Å². The molecule has 2 unspecified atom stereocenters. The highest BCUT2D eigenvalue weighted by molar-refractivity contribution is 6.18. The summed E-state index contributed by atoms with van der Waals surface area (Å²) in [7, 11) is 0. The predicted octanol–water partition coefficient (Wildman–Crippen LogP) is 7.95. The zero-order valence-corrected chi connectivity index (χ0v) is 34.0. The van der Waals surface area contributed by atoms with Crippen molar-refractivity contribution in [3.8, 4) is 0 Å². The Morgan fingerprint density at radius 2 is 0.903 bits per heavy atom. The Balaban J connectivity index is 0.000000282. The third-order valence-corrected chi connectivity index (χ3v) is 9.90. The van der Waals surface area contributed by atoms with Crippen molar-refractivity contribution in [2.45, 2.75) is 46.1 Å². The standard InChI is InChI=1S/C26H25N3O6.C20H19NO6/c1-3-26(2,29-17-7-5-4-6-8-17)22(30)18-13-19(21(25(34)35)14-20(18)24(32)33)23(31)28-16-11-9-15(27)10-12-16;1-3-11(2)17(22)13-9-14(16(20(26)27)10-15(13)19(24)25)18(23)21-12-7-5-4-6-8-12/h4-14,29H,3,27H2,1-2H3,(H,28,31)(H,32,33)(H,34,35);4-11H,3H2,1-2H3,(H,21,23)(H,24,25)(H,26,27). The summed E-state index contributed by atoms with van der Waals surface area (Å²) in [5.74, 6) is -8.96. The van der Waals surface area contributed by atoms with E-state index in [1.54, 1.807) is 94.4 Å². The van der Waals surface area contributed by atoms with Gasteiger partial charge in [0.15, 0.2) is 11.6 Å². The molecular weight excluding hydrogens is 801 g/mol. The lowest BCUT2D eigenvalue weighted by atomic mass is 9.84. The normalized spacial score (nSPS) is 11.9. The van der Waals surface area contributed by atoms with E-state index < -0.39 is 81.0 Å². The van der Waals surface area contributed by atoms with E-state index in [0.29, 0.717) is 29.2 Å². The predicted molar refractivity (Wildman–Crippen MR) is 231 cm³/mol. The average Bonchev–Trinajstić information content (AvgIpc) is 3.26. The van der Waals surface area contributed by atoms with Crippen LogP contribution in [-0.2, 0) is 0 Å². The lowest BCUT2D eigenvalue weighted by Gasteiger charge is -2.30. The van der Waals surface area contributed by atoms with Gasteiger partial charge in [0.25, 0.3) is 11.8 Å². The first-order valence-electron chi connectivity index (χ1n) is 19.1. The number of amides is 2. The molecule has 2 atom stereocenters. The molecule has 16 nitrogen and oxygen atoms in total. The van der Waals surface area contributed by atoms with Crippen molar-refractivity contribution < 1.29 is 58.8 Å². The van der Waals surface area contributed by atoms with Gasteiger partial charge in [0.05, 0.1) is 38.9 Å². The number of hydrogen-bond acceptors (Lipinski definition) is 10. The molecule has 0 aliphatic heterocycles. The van der Waals surface area contributed by atoms with Crippen LogP contribution in [0.15, 0.2) is 109 Å². The van der Waals surface area contributed by atoms with Crippen LogP contribution in [-0.4, -0.2) is 73.2 Å². The largest absolute Gasteiger partial charge is 0.478 e. The molecule has 0 aromatic heterocycles. The summed E-state index contributed by atoms with van der Waals surface area (Å²) in [6.45, 7) is 6.79. The second-order valence-corrected chi connectivity index (χ2v) is 14.2. The van der Waals surface area contributed by atoms with Gasteiger partial charge in [-0.1, -0.05) is 57.2 Å². The summed E-state index contributed by atoms with van der Waals surface area (Å²) in [5, 5.41) is 46.5. The van der Waals surface area contributed by atoms with E-state index in [9.17, 15) is 58.8 Å². The maximum absolute atomic E-state index is 13.7. The van der Waals surface area contributed by atoms with Crippen LogP contribution in [0.4, 0.5) is 22.7 Å². The second-order valence-electron chi connectivity index (χ2n) is 14.2. The molecule has 0 fully saturated rings. The number of Topliss-reactive ketones (excluding diaryl/α,β-unsaturated/α-hetero) is 2. The molecule has 16 heteroatoms. The minimum Gasteiger partial charge on any atom is -0.478 e. The van der Waals surface area contributed by atoms with Gasteiger partial charge in [-0.15, -0.1) is 0 Å². The van der Waals surface area contributed by atoms with Crippen molar-refractivity contribution in [3.05, 3.63) is 154 Å². The Morgan fingerprint density at radius 3 is 1.32 bits per heavy atom. The third-order valence-electron chi connectivity index (χ3n) is 9.90. The van der Waals surface area contributed by atoms with Gasteiger partial charge in [-0.25, -0.2) is 19.2 Å². The van der Waals surface area contributed by atoms with E-state index in [1.165, 1.54) is 12.1 Å². The molecule has 0 spiro atoms. The van der Waals surface area contributed by atoms with Crippen LogP contribution in [0.2, 0.25) is 0 Å². The Labute approximate surface area is 355 Å². The maximum atomic E-state index is 13.7. The lowest BCUT2D eigenvalue weighted by molar-refractivity contribution is 0.0672. The summed E-state index contributed by atoms with van der Waals surface area (Å²) >= 11 is 0. The molecule has 0 aliphatic carbocycles. The first-order valence-corrected chi connectivity index (χ1v) is 19.1. The zero-order chi connectivity index (χ0) is 45.9. The quantitative estimate of drug-likeness (QED) is 0.0346. The number of nitrogen functional groups attached to an aromatic ring is 1. The van der Waals surface area contributed by atoms with E-state index in [2.05, 4.69) is 16.0 Å². The second kappa shape index (κ2) is 20.2. The van der Waals surface area contributed by atoms with Gasteiger partial charge in [-0.2, -0.15) is 0 Å². The topological polar surface area (TPSA) is 280 Å². The molecule has 0 saturated heterocycles. The minimum atomic E-state index is -1.50. The molecule has 320 valence electrons. The summed E-state index contributed by atoms with van der Waals surface area (Å²) < 4.78 is 0. The Kier molecular flexibility index (Phi) is 15.2. The highest BCUT2D eigenvalue weighted by Gasteiger charge is 2.36. The first-order chi connectivity index (χ1) is 29.3. The molecule has 0 heterocycles. The first kappa shape index (κ1) is 46.5. The summed E-state index contributed by atoms with van der Waals surface area (Å²) in [5.41, 5.74) is 3.27. The van der Waals surface area contributed by atoms with Gasteiger partial charge >= 0.3 is 23.9 Å². The molecule has 0 aliphatic rings. The molecule has 62 heavy (non-hydrogen) atoms. The fourth-order valence-electron chi connectivity index (χ4n) is 6.05. The van der Waals surface area contributed by atoms with Gasteiger partial charge in [0.2, 0.25) is 0 Å². The number of benzene rings is 5. The highest BCUT2D eigenvalue weighted by atomic mass is 16.4. The van der Waals surface area contributed by atoms with Crippen LogP contribution in [0.5, 0.6) is 0 Å². The van der Waals surface area contributed by atoms with Crippen LogP contribution in [0, 0.1) is 5.92 Å². The van der Waals surface area contributed by atoms with E-state index in [0.717, 1.165) is 24.3 Å². The van der Waals surface area contributed by atoms with E-state index in [1.807, 2.05) is 6.07 Å². The third kappa shape index (κ3) is 11.1. The molecule has 5 aromatic carbocycles. The monoisotopic (exact) mass is 844 g/mol. The number of nitrogens with two attached hydrogens (primary N) is 1. The number of anilines is 4. The fourth-order valence-corrected chi connectivity index (χ4v) is 6.05. The Morgan fingerprint density at radius 1 is 0.532 bits per heavy atom.